The van der Waals surface area contributed by atoms with Gasteiger partial charge in [-0.3, -0.25) is 14.2 Å². The zero-order valence-corrected chi connectivity index (χ0v) is 17.4. The summed E-state index contributed by atoms with van der Waals surface area (Å²) in [5, 5.41) is 8.67. The Hall–Kier alpha value is -3.74. The fraction of sp³-hybridized carbons (Fsp3) is 0.217. The smallest absolute Gasteiger partial charge is 0.179 e. The quantitative estimate of drug-likeness (QED) is 0.515. The summed E-state index contributed by atoms with van der Waals surface area (Å²) in [4.78, 5) is 16.7. The van der Waals surface area contributed by atoms with E-state index in [-0.39, 0.29) is 5.78 Å². The van der Waals surface area contributed by atoms with Crippen molar-refractivity contribution >= 4 is 28.0 Å². The zero-order chi connectivity index (χ0) is 21.4. The first-order chi connectivity index (χ1) is 14.4. The number of aryl methyl sites for hydroxylation is 1. The van der Waals surface area contributed by atoms with Gasteiger partial charge in [0.2, 0.25) is 0 Å². The predicted octanol–water partition coefficient (Wildman–Crippen LogP) is 3.46. The number of aromatic nitrogens is 4. The van der Waals surface area contributed by atoms with Gasteiger partial charge < -0.3 is 10.5 Å². The minimum atomic E-state index is -0.127. The van der Waals surface area contributed by atoms with Crippen molar-refractivity contribution in [2.45, 2.75) is 27.2 Å². The van der Waals surface area contributed by atoms with E-state index < -0.39 is 0 Å². The summed E-state index contributed by atoms with van der Waals surface area (Å²) in [5.74, 6) is 1.22. The Morgan fingerprint density at radius 1 is 1.17 bits per heavy atom. The van der Waals surface area contributed by atoms with Gasteiger partial charge in [0.1, 0.15) is 11.6 Å². The highest BCUT2D eigenvalue weighted by Gasteiger charge is 2.19. The van der Waals surface area contributed by atoms with E-state index in [2.05, 4.69) is 40.3 Å². The van der Waals surface area contributed by atoms with Crippen LogP contribution in [0.25, 0.3) is 22.3 Å². The SMILES string of the molecule is COc1cc2c(cc1C(C(C)=O)=C(C)N)ncc1nnc(Cc3cccc(C)c3)n12. The number of methoxy groups -OCH3 is 1. The van der Waals surface area contributed by atoms with Crippen LogP contribution in [0.4, 0.5) is 0 Å². The van der Waals surface area contributed by atoms with Gasteiger partial charge in [-0.25, -0.2) is 0 Å². The molecule has 0 radical (unpaired) electrons. The molecule has 0 atom stereocenters. The summed E-state index contributed by atoms with van der Waals surface area (Å²) >= 11 is 0. The molecular formula is C23H23N5O2. The number of benzene rings is 2. The van der Waals surface area contributed by atoms with Gasteiger partial charge in [0.05, 0.1) is 24.3 Å². The van der Waals surface area contributed by atoms with Crippen LogP contribution in [0.5, 0.6) is 5.75 Å². The van der Waals surface area contributed by atoms with Crippen LogP contribution < -0.4 is 10.5 Å². The van der Waals surface area contributed by atoms with Crippen molar-refractivity contribution in [3.63, 3.8) is 0 Å². The number of fused-ring (bicyclic) bond motifs is 3. The monoisotopic (exact) mass is 401 g/mol. The van der Waals surface area contributed by atoms with Crippen LogP contribution in [0, 0.1) is 6.92 Å². The van der Waals surface area contributed by atoms with E-state index in [1.807, 2.05) is 22.6 Å². The average Bonchev–Trinajstić information content (AvgIpc) is 3.10. The lowest BCUT2D eigenvalue weighted by atomic mass is 9.98. The molecule has 0 bridgehead atoms. The van der Waals surface area contributed by atoms with Crippen LogP contribution in [0.2, 0.25) is 0 Å². The molecule has 0 aliphatic carbocycles. The Bertz CT molecular complexity index is 1320. The molecule has 2 N–H and O–H groups in total. The fourth-order valence-electron chi connectivity index (χ4n) is 3.81. The van der Waals surface area contributed by atoms with Crippen LogP contribution in [-0.2, 0) is 11.2 Å². The molecule has 0 saturated heterocycles. The Morgan fingerprint density at radius 3 is 2.63 bits per heavy atom. The van der Waals surface area contributed by atoms with Crippen LogP contribution in [0.1, 0.15) is 36.4 Å². The minimum absolute atomic E-state index is 0.127. The number of carbonyl (C=O) groups is 1. The van der Waals surface area contributed by atoms with Gasteiger partial charge in [-0.2, -0.15) is 0 Å². The van der Waals surface area contributed by atoms with Gasteiger partial charge in [0.25, 0.3) is 0 Å². The molecule has 152 valence electrons. The predicted molar refractivity (Wildman–Crippen MR) is 116 cm³/mol. The Morgan fingerprint density at radius 2 is 1.97 bits per heavy atom. The second kappa shape index (κ2) is 7.59. The number of hydrogen-bond donors (Lipinski definition) is 1. The first-order valence-corrected chi connectivity index (χ1v) is 9.63. The number of ether oxygens (including phenoxy) is 1. The number of ketones is 1. The molecule has 0 fully saturated rings. The number of Topliss-reactive ketones (excluding diaryl/α,β-unsaturated/α-hetero) is 1. The molecule has 7 nitrogen and oxygen atoms in total. The average molecular weight is 401 g/mol. The van der Waals surface area contributed by atoms with Gasteiger partial charge in [-0.05, 0) is 32.4 Å². The number of hydrogen-bond acceptors (Lipinski definition) is 6. The van der Waals surface area contributed by atoms with E-state index in [4.69, 9.17) is 10.5 Å². The van der Waals surface area contributed by atoms with Crippen LogP contribution in [0.15, 0.2) is 48.3 Å². The van der Waals surface area contributed by atoms with E-state index in [9.17, 15) is 4.79 Å². The van der Waals surface area contributed by atoms with E-state index in [0.717, 1.165) is 16.9 Å². The van der Waals surface area contributed by atoms with Crippen molar-refractivity contribution in [3.8, 4) is 5.75 Å². The van der Waals surface area contributed by atoms with Gasteiger partial charge in [-0.1, -0.05) is 29.8 Å². The second-order valence-corrected chi connectivity index (χ2v) is 7.39. The first-order valence-electron chi connectivity index (χ1n) is 9.63. The standard InChI is InChI=1S/C23H23N5O2/c1-13-6-5-7-16(8-13)9-21-26-27-22-12-25-18-10-17(23(14(2)24)15(3)29)20(30-4)11-19(18)28(21)22/h5-8,10-12H,9,24H2,1-4H3. The number of carbonyl (C=O) groups excluding carboxylic acids is 1. The Balaban J connectivity index is 1.95. The molecule has 0 spiro atoms. The topological polar surface area (TPSA) is 95.4 Å². The van der Waals surface area contributed by atoms with E-state index in [0.29, 0.717) is 40.2 Å². The second-order valence-electron chi connectivity index (χ2n) is 7.39. The summed E-state index contributed by atoms with van der Waals surface area (Å²) in [7, 11) is 1.57. The summed E-state index contributed by atoms with van der Waals surface area (Å²) < 4.78 is 7.59. The van der Waals surface area contributed by atoms with Crippen molar-refractivity contribution in [2.24, 2.45) is 5.73 Å². The molecule has 0 unspecified atom stereocenters. The molecule has 4 aromatic rings. The number of allylic oxidation sites excluding steroid dienone is 2. The lowest BCUT2D eigenvalue weighted by Crippen LogP contribution is -2.07. The van der Waals surface area contributed by atoms with Crippen LogP contribution in [-0.4, -0.2) is 32.5 Å². The fourth-order valence-corrected chi connectivity index (χ4v) is 3.81. The molecule has 4 rings (SSSR count). The normalized spacial score (nSPS) is 12.3. The van der Waals surface area contributed by atoms with Crippen molar-refractivity contribution < 1.29 is 9.53 Å². The van der Waals surface area contributed by atoms with Crippen LogP contribution >= 0.6 is 0 Å². The Labute approximate surface area is 174 Å². The van der Waals surface area contributed by atoms with Crippen molar-refractivity contribution in [1.29, 1.82) is 0 Å². The molecule has 0 aliphatic rings. The largest absolute Gasteiger partial charge is 0.496 e. The molecule has 0 aliphatic heterocycles. The number of nitrogens with zero attached hydrogens (tertiary/aromatic N) is 4. The highest BCUT2D eigenvalue weighted by molar-refractivity contribution is 6.21. The third kappa shape index (κ3) is 3.39. The number of nitrogens with two attached hydrogens (primary N) is 1. The maximum Gasteiger partial charge on any atom is 0.179 e. The summed E-state index contributed by atoms with van der Waals surface area (Å²) in [5.41, 5.74) is 12.0. The first kappa shape index (κ1) is 19.6. The van der Waals surface area contributed by atoms with Crippen molar-refractivity contribution in [2.75, 3.05) is 7.11 Å². The van der Waals surface area contributed by atoms with Gasteiger partial charge in [0.15, 0.2) is 11.4 Å². The third-order valence-corrected chi connectivity index (χ3v) is 5.07. The van der Waals surface area contributed by atoms with Crippen molar-refractivity contribution in [3.05, 3.63) is 70.8 Å². The molecule has 2 heterocycles. The molecule has 2 aromatic heterocycles. The molecular weight excluding hydrogens is 378 g/mol. The summed E-state index contributed by atoms with van der Waals surface area (Å²) in [6.07, 6.45) is 2.31. The number of rotatable bonds is 5. The van der Waals surface area contributed by atoms with Crippen molar-refractivity contribution in [1.82, 2.24) is 19.6 Å². The Kier molecular flexibility index (Phi) is 4.95. The molecule has 0 amide bonds. The highest BCUT2D eigenvalue weighted by atomic mass is 16.5. The van der Waals surface area contributed by atoms with E-state index >= 15 is 0 Å². The zero-order valence-electron chi connectivity index (χ0n) is 17.4. The molecule has 7 heteroatoms. The van der Waals surface area contributed by atoms with Gasteiger partial charge >= 0.3 is 0 Å². The lowest BCUT2D eigenvalue weighted by Gasteiger charge is -2.14. The highest BCUT2D eigenvalue weighted by Crippen LogP contribution is 2.32. The third-order valence-electron chi connectivity index (χ3n) is 5.07. The molecule has 0 saturated carbocycles. The van der Waals surface area contributed by atoms with Gasteiger partial charge in [0, 0.05) is 29.3 Å². The maximum absolute atomic E-state index is 12.2. The van der Waals surface area contributed by atoms with E-state index in [1.165, 1.54) is 12.5 Å². The molecule has 30 heavy (non-hydrogen) atoms. The maximum atomic E-state index is 12.2. The van der Waals surface area contributed by atoms with Gasteiger partial charge in [-0.15, -0.1) is 10.2 Å². The van der Waals surface area contributed by atoms with E-state index in [1.54, 1.807) is 20.2 Å². The minimum Gasteiger partial charge on any atom is -0.496 e. The summed E-state index contributed by atoms with van der Waals surface area (Å²) in [6, 6.07) is 12.0. The van der Waals surface area contributed by atoms with Crippen LogP contribution in [0.3, 0.4) is 0 Å². The summed E-state index contributed by atoms with van der Waals surface area (Å²) in [6.45, 7) is 5.26. The lowest BCUT2D eigenvalue weighted by molar-refractivity contribution is -0.111. The molecule has 2 aromatic carbocycles.